The Balaban J connectivity index is 2.14. The normalized spacial score (nSPS) is 42.5. The summed E-state index contributed by atoms with van der Waals surface area (Å²) in [5, 5.41) is 10.8. The Bertz CT molecular complexity index is 188. The van der Waals surface area contributed by atoms with Gasteiger partial charge in [0, 0.05) is 0 Å². The summed E-state index contributed by atoms with van der Waals surface area (Å²) in [6.45, 7) is 2.07. The van der Waals surface area contributed by atoms with Gasteiger partial charge >= 0.3 is 5.97 Å². The van der Waals surface area contributed by atoms with Gasteiger partial charge < -0.3 is 14.7 Å². The molecule has 5 heteroatoms. The van der Waals surface area contributed by atoms with Gasteiger partial charge in [-0.1, -0.05) is 0 Å². The Kier molecular flexibility index (Phi) is 1.79. The van der Waals surface area contributed by atoms with Crippen LogP contribution in [0.3, 0.4) is 0 Å². The molecular formula is C7H11NO4. The van der Waals surface area contributed by atoms with E-state index in [0.717, 1.165) is 0 Å². The zero-order valence-electron chi connectivity index (χ0n) is 6.77. The molecule has 2 rings (SSSR count). The quantitative estimate of drug-likeness (QED) is 0.522. The van der Waals surface area contributed by atoms with E-state index in [4.69, 9.17) is 9.57 Å². The van der Waals surface area contributed by atoms with Crippen molar-refractivity contribution in [3.05, 3.63) is 0 Å². The van der Waals surface area contributed by atoms with Crippen LogP contribution in [0.4, 0.5) is 0 Å². The van der Waals surface area contributed by atoms with Crippen molar-refractivity contribution in [1.82, 2.24) is 5.06 Å². The van der Waals surface area contributed by atoms with Gasteiger partial charge in [0.2, 0.25) is 0 Å². The molecule has 0 radical (unpaired) electrons. The third-order valence-corrected chi connectivity index (χ3v) is 2.22. The Labute approximate surface area is 69.8 Å². The van der Waals surface area contributed by atoms with Gasteiger partial charge in [-0.3, -0.25) is 4.79 Å². The van der Waals surface area contributed by atoms with E-state index in [1.807, 2.05) is 0 Å². The van der Waals surface area contributed by atoms with Crippen LogP contribution in [0.5, 0.6) is 0 Å². The van der Waals surface area contributed by atoms with Crippen LogP contribution in [-0.2, 0) is 14.4 Å². The lowest BCUT2D eigenvalue weighted by molar-refractivity contribution is -0.271. The highest BCUT2D eigenvalue weighted by Gasteiger charge is 2.44. The molecule has 68 valence electrons. The molecule has 12 heavy (non-hydrogen) atoms. The summed E-state index contributed by atoms with van der Waals surface area (Å²) >= 11 is 0. The van der Waals surface area contributed by atoms with E-state index in [2.05, 4.69) is 0 Å². The number of ether oxygens (including phenoxy) is 1. The van der Waals surface area contributed by atoms with Crippen LogP contribution >= 0.6 is 0 Å². The molecule has 0 bridgehead atoms. The fraction of sp³-hybridized carbons (Fsp3) is 0.857. The highest BCUT2D eigenvalue weighted by molar-refractivity contribution is 5.71. The van der Waals surface area contributed by atoms with Crippen molar-refractivity contribution in [3.8, 4) is 0 Å². The van der Waals surface area contributed by atoms with Crippen LogP contribution < -0.4 is 0 Å². The van der Waals surface area contributed by atoms with Gasteiger partial charge in [-0.2, -0.15) is 0 Å². The molecule has 0 aromatic rings. The predicted octanol–water partition coefficient (Wildman–Crippen LogP) is -0.744. The first-order valence-electron chi connectivity index (χ1n) is 3.97. The van der Waals surface area contributed by atoms with Crippen molar-refractivity contribution >= 4 is 5.97 Å². The summed E-state index contributed by atoms with van der Waals surface area (Å²) in [5.74, 6) is -0.295. The molecule has 3 atom stereocenters. The van der Waals surface area contributed by atoms with Crippen molar-refractivity contribution in [1.29, 1.82) is 0 Å². The Morgan fingerprint density at radius 1 is 1.67 bits per heavy atom. The molecule has 0 aromatic carbocycles. The molecule has 0 saturated carbocycles. The Hall–Kier alpha value is -0.650. The third kappa shape index (κ3) is 1.10. The van der Waals surface area contributed by atoms with Crippen LogP contribution in [-0.4, -0.2) is 41.1 Å². The van der Waals surface area contributed by atoms with Gasteiger partial charge in [-0.25, -0.2) is 0 Å². The van der Waals surface area contributed by atoms with E-state index in [0.29, 0.717) is 0 Å². The zero-order chi connectivity index (χ0) is 8.72. The fourth-order valence-corrected chi connectivity index (χ4v) is 1.56. The highest BCUT2D eigenvalue weighted by Crippen LogP contribution is 2.26. The molecule has 0 aromatic heterocycles. The number of rotatable bonds is 0. The SMILES string of the molecule is CC1OCC(O)C2CC(=O)ON12. The van der Waals surface area contributed by atoms with E-state index in [1.165, 1.54) is 5.06 Å². The van der Waals surface area contributed by atoms with Crippen molar-refractivity contribution in [2.45, 2.75) is 31.7 Å². The summed E-state index contributed by atoms with van der Waals surface area (Å²) < 4.78 is 5.15. The molecular weight excluding hydrogens is 162 g/mol. The second kappa shape index (κ2) is 2.69. The molecule has 2 saturated heterocycles. The van der Waals surface area contributed by atoms with E-state index in [9.17, 15) is 9.90 Å². The molecule has 5 nitrogen and oxygen atoms in total. The van der Waals surface area contributed by atoms with Gasteiger partial charge in [0.1, 0.15) is 6.23 Å². The lowest BCUT2D eigenvalue weighted by atomic mass is 10.1. The summed E-state index contributed by atoms with van der Waals surface area (Å²) in [7, 11) is 0. The van der Waals surface area contributed by atoms with E-state index >= 15 is 0 Å². The molecule has 2 aliphatic rings. The topological polar surface area (TPSA) is 59.0 Å². The number of aliphatic hydroxyl groups is 1. The average Bonchev–Trinajstić information content (AvgIpc) is 2.41. The molecule has 0 aliphatic carbocycles. The van der Waals surface area contributed by atoms with Crippen molar-refractivity contribution in [2.24, 2.45) is 0 Å². The first kappa shape index (κ1) is 7.97. The van der Waals surface area contributed by atoms with Crippen molar-refractivity contribution < 1.29 is 19.5 Å². The predicted molar refractivity (Wildman–Crippen MR) is 37.8 cm³/mol. The van der Waals surface area contributed by atoms with Crippen molar-refractivity contribution in [3.63, 3.8) is 0 Å². The first-order valence-corrected chi connectivity index (χ1v) is 3.97. The monoisotopic (exact) mass is 173 g/mol. The molecule has 2 fully saturated rings. The maximum absolute atomic E-state index is 10.9. The lowest BCUT2D eigenvalue weighted by Gasteiger charge is -2.35. The smallest absolute Gasteiger partial charge is 0.327 e. The van der Waals surface area contributed by atoms with Crippen molar-refractivity contribution in [2.75, 3.05) is 6.61 Å². The Morgan fingerprint density at radius 3 is 3.08 bits per heavy atom. The standard InChI is InChI=1S/C7H11NO4/c1-4-8-5(2-7(10)12-8)6(9)3-11-4/h4-6,9H,2-3H2,1H3. The minimum absolute atomic E-state index is 0.221. The highest BCUT2D eigenvalue weighted by atomic mass is 16.8. The Morgan fingerprint density at radius 2 is 2.42 bits per heavy atom. The number of carbonyl (C=O) groups excluding carboxylic acids is 1. The van der Waals surface area contributed by atoms with Gasteiger partial charge in [0.05, 0.1) is 25.2 Å². The minimum atomic E-state index is -0.618. The van der Waals surface area contributed by atoms with Crippen LogP contribution in [0.1, 0.15) is 13.3 Å². The zero-order valence-corrected chi connectivity index (χ0v) is 6.77. The van der Waals surface area contributed by atoms with Gasteiger partial charge in [0.25, 0.3) is 0 Å². The van der Waals surface area contributed by atoms with Crippen LogP contribution in [0.25, 0.3) is 0 Å². The van der Waals surface area contributed by atoms with Gasteiger partial charge in [-0.05, 0) is 6.92 Å². The fourth-order valence-electron chi connectivity index (χ4n) is 1.56. The van der Waals surface area contributed by atoms with E-state index in [1.54, 1.807) is 6.92 Å². The largest absolute Gasteiger partial charge is 0.389 e. The molecule has 1 N–H and O–H groups in total. The summed E-state index contributed by atoms with van der Waals surface area (Å²) in [6, 6.07) is -0.221. The number of fused-ring (bicyclic) bond motifs is 1. The number of hydrogen-bond acceptors (Lipinski definition) is 5. The number of hydroxylamine groups is 2. The van der Waals surface area contributed by atoms with E-state index in [-0.39, 0.29) is 31.3 Å². The number of nitrogens with zero attached hydrogens (tertiary/aromatic N) is 1. The molecule has 2 aliphatic heterocycles. The minimum Gasteiger partial charge on any atom is -0.389 e. The summed E-state index contributed by atoms with van der Waals surface area (Å²) in [4.78, 5) is 15.7. The molecule has 2 heterocycles. The van der Waals surface area contributed by atoms with Gasteiger partial charge in [0.15, 0.2) is 0 Å². The maximum Gasteiger partial charge on any atom is 0.327 e. The van der Waals surface area contributed by atoms with Gasteiger partial charge in [-0.15, -0.1) is 5.06 Å². The molecule has 0 amide bonds. The first-order chi connectivity index (χ1) is 5.68. The summed E-state index contributed by atoms with van der Waals surface area (Å²) in [6.07, 6.45) is -0.605. The van der Waals surface area contributed by atoms with E-state index < -0.39 is 6.10 Å². The maximum atomic E-state index is 10.9. The van der Waals surface area contributed by atoms with Crippen LogP contribution in [0.2, 0.25) is 0 Å². The molecule has 0 spiro atoms. The van der Waals surface area contributed by atoms with Crippen LogP contribution in [0.15, 0.2) is 0 Å². The molecule has 3 unspecified atom stereocenters. The third-order valence-electron chi connectivity index (χ3n) is 2.22. The average molecular weight is 173 g/mol. The number of aliphatic hydroxyl groups excluding tert-OH is 1. The number of carbonyl (C=O) groups is 1. The lowest BCUT2D eigenvalue weighted by Crippen LogP contribution is -2.51. The second-order valence-electron chi connectivity index (χ2n) is 3.09. The number of hydrogen-bond donors (Lipinski definition) is 1. The van der Waals surface area contributed by atoms with Crippen LogP contribution in [0, 0.1) is 0 Å². The second-order valence-corrected chi connectivity index (χ2v) is 3.09. The summed E-state index contributed by atoms with van der Waals surface area (Å²) in [5.41, 5.74) is 0.